The first-order chi connectivity index (χ1) is 6.18. The third kappa shape index (κ3) is 1.50. The van der Waals surface area contributed by atoms with Crippen LogP contribution in [-0.4, -0.2) is 39.4 Å². The Labute approximate surface area is 77.2 Å². The molecule has 0 unspecified atom stereocenters. The van der Waals surface area contributed by atoms with Gasteiger partial charge in [-0.1, -0.05) is 0 Å². The summed E-state index contributed by atoms with van der Waals surface area (Å²) < 4.78 is 0. The van der Waals surface area contributed by atoms with Crippen molar-refractivity contribution < 1.29 is 15.0 Å². The normalized spacial score (nSPS) is 38.8. The van der Waals surface area contributed by atoms with Crippen molar-refractivity contribution in [2.45, 2.75) is 50.3 Å². The minimum absolute atomic E-state index is 0.0694. The average Bonchev–Trinajstić information content (AvgIpc) is 2.01. The first-order valence-corrected chi connectivity index (χ1v) is 4.88. The fourth-order valence-electron chi connectivity index (χ4n) is 2.66. The quantitative estimate of drug-likeness (QED) is 0.592. The van der Waals surface area contributed by atoms with E-state index in [1.54, 1.807) is 4.90 Å². The molecule has 2 fully saturated rings. The van der Waals surface area contributed by atoms with Gasteiger partial charge in [0.25, 0.3) is 0 Å². The van der Waals surface area contributed by atoms with E-state index in [0.29, 0.717) is 12.8 Å². The largest absolute Gasteiger partial charge is 0.465 e. The lowest BCUT2D eigenvalue weighted by Gasteiger charge is -2.46. The SMILES string of the molecule is O=C(O)N1[C@@H]2CCC[C@H]1C[C@H](O)C2. The topological polar surface area (TPSA) is 60.8 Å². The second-order valence-electron chi connectivity index (χ2n) is 4.05. The van der Waals surface area contributed by atoms with E-state index in [2.05, 4.69) is 0 Å². The molecule has 2 saturated heterocycles. The summed E-state index contributed by atoms with van der Waals surface area (Å²) >= 11 is 0. The number of carboxylic acid groups (broad SMARTS) is 1. The number of nitrogens with zero attached hydrogens (tertiary/aromatic N) is 1. The highest BCUT2D eigenvalue weighted by Crippen LogP contribution is 2.33. The molecule has 2 rings (SSSR count). The highest BCUT2D eigenvalue weighted by atomic mass is 16.4. The number of rotatable bonds is 0. The number of fused-ring (bicyclic) bond motifs is 2. The van der Waals surface area contributed by atoms with Gasteiger partial charge in [0.2, 0.25) is 0 Å². The summed E-state index contributed by atoms with van der Waals surface area (Å²) in [6.45, 7) is 0. The lowest BCUT2D eigenvalue weighted by Crippen LogP contribution is -2.55. The number of amides is 1. The van der Waals surface area contributed by atoms with Gasteiger partial charge in [-0.25, -0.2) is 4.79 Å². The van der Waals surface area contributed by atoms with Gasteiger partial charge in [0, 0.05) is 12.1 Å². The molecule has 4 heteroatoms. The first kappa shape index (κ1) is 8.81. The van der Waals surface area contributed by atoms with E-state index in [0.717, 1.165) is 19.3 Å². The maximum atomic E-state index is 10.9. The summed E-state index contributed by atoms with van der Waals surface area (Å²) in [5.74, 6) is 0. The molecule has 2 heterocycles. The molecule has 0 aromatic rings. The summed E-state index contributed by atoms with van der Waals surface area (Å²) in [6.07, 6.45) is 3.09. The molecule has 3 atom stereocenters. The van der Waals surface area contributed by atoms with Crippen LogP contribution >= 0.6 is 0 Å². The number of aliphatic hydroxyl groups excluding tert-OH is 1. The second-order valence-corrected chi connectivity index (χ2v) is 4.05. The van der Waals surface area contributed by atoms with Crippen LogP contribution in [0.15, 0.2) is 0 Å². The molecule has 0 aliphatic carbocycles. The summed E-state index contributed by atoms with van der Waals surface area (Å²) in [4.78, 5) is 12.5. The van der Waals surface area contributed by atoms with Crippen molar-refractivity contribution >= 4 is 6.09 Å². The Balaban J connectivity index is 2.14. The predicted octanol–water partition coefficient (Wildman–Crippen LogP) is 1.04. The Morgan fingerprint density at radius 1 is 1.23 bits per heavy atom. The average molecular weight is 185 g/mol. The van der Waals surface area contributed by atoms with E-state index in [-0.39, 0.29) is 18.2 Å². The van der Waals surface area contributed by atoms with Crippen molar-refractivity contribution in [3.8, 4) is 0 Å². The predicted molar refractivity (Wildman–Crippen MR) is 46.5 cm³/mol. The monoisotopic (exact) mass is 185 g/mol. The van der Waals surface area contributed by atoms with Gasteiger partial charge >= 0.3 is 6.09 Å². The molecule has 4 nitrogen and oxygen atoms in total. The van der Waals surface area contributed by atoms with Crippen molar-refractivity contribution in [1.29, 1.82) is 0 Å². The van der Waals surface area contributed by atoms with Crippen molar-refractivity contribution in [2.75, 3.05) is 0 Å². The molecule has 2 aliphatic heterocycles. The van der Waals surface area contributed by atoms with Crippen LogP contribution in [-0.2, 0) is 0 Å². The van der Waals surface area contributed by atoms with Gasteiger partial charge in [0.05, 0.1) is 6.10 Å². The molecular weight excluding hydrogens is 170 g/mol. The van der Waals surface area contributed by atoms with E-state index in [4.69, 9.17) is 5.11 Å². The number of carbonyl (C=O) groups is 1. The Kier molecular flexibility index (Phi) is 2.15. The molecule has 2 bridgehead atoms. The zero-order chi connectivity index (χ0) is 9.42. The smallest absolute Gasteiger partial charge is 0.407 e. The Hall–Kier alpha value is -0.770. The molecule has 0 radical (unpaired) electrons. The van der Waals surface area contributed by atoms with Gasteiger partial charge in [0.1, 0.15) is 0 Å². The van der Waals surface area contributed by atoms with Gasteiger partial charge in [-0.2, -0.15) is 0 Å². The Morgan fingerprint density at radius 3 is 2.23 bits per heavy atom. The van der Waals surface area contributed by atoms with Gasteiger partial charge in [-0.15, -0.1) is 0 Å². The first-order valence-electron chi connectivity index (χ1n) is 4.88. The Morgan fingerprint density at radius 2 is 1.77 bits per heavy atom. The molecule has 74 valence electrons. The van der Waals surface area contributed by atoms with Crippen LogP contribution in [0.2, 0.25) is 0 Å². The van der Waals surface area contributed by atoms with E-state index < -0.39 is 6.09 Å². The van der Waals surface area contributed by atoms with Crippen molar-refractivity contribution in [1.82, 2.24) is 4.90 Å². The zero-order valence-electron chi connectivity index (χ0n) is 7.52. The summed E-state index contributed by atoms with van der Waals surface area (Å²) in [5, 5.41) is 18.5. The lowest BCUT2D eigenvalue weighted by molar-refractivity contribution is -0.0148. The molecule has 0 saturated carbocycles. The summed E-state index contributed by atoms with van der Waals surface area (Å²) in [5.41, 5.74) is 0. The van der Waals surface area contributed by atoms with Gasteiger partial charge in [-0.3, -0.25) is 0 Å². The van der Waals surface area contributed by atoms with Crippen molar-refractivity contribution in [2.24, 2.45) is 0 Å². The van der Waals surface area contributed by atoms with Crippen LogP contribution in [0, 0.1) is 0 Å². The van der Waals surface area contributed by atoms with Crippen LogP contribution in [0.25, 0.3) is 0 Å². The van der Waals surface area contributed by atoms with E-state index in [9.17, 15) is 9.90 Å². The van der Waals surface area contributed by atoms with Crippen LogP contribution < -0.4 is 0 Å². The molecule has 13 heavy (non-hydrogen) atoms. The van der Waals surface area contributed by atoms with Gasteiger partial charge in [-0.05, 0) is 32.1 Å². The molecule has 0 aromatic carbocycles. The van der Waals surface area contributed by atoms with Crippen LogP contribution in [0.4, 0.5) is 4.79 Å². The maximum absolute atomic E-state index is 10.9. The molecule has 1 amide bonds. The number of hydrogen-bond acceptors (Lipinski definition) is 2. The fraction of sp³-hybridized carbons (Fsp3) is 0.889. The van der Waals surface area contributed by atoms with E-state index in [1.807, 2.05) is 0 Å². The van der Waals surface area contributed by atoms with Crippen molar-refractivity contribution in [3.05, 3.63) is 0 Å². The fourth-order valence-corrected chi connectivity index (χ4v) is 2.66. The number of hydrogen-bond donors (Lipinski definition) is 2. The molecule has 0 spiro atoms. The highest BCUT2D eigenvalue weighted by molar-refractivity contribution is 5.66. The summed E-state index contributed by atoms with van der Waals surface area (Å²) in [7, 11) is 0. The highest BCUT2D eigenvalue weighted by Gasteiger charge is 2.40. The summed E-state index contributed by atoms with van der Waals surface area (Å²) in [6, 6.07) is 0.139. The van der Waals surface area contributed by atoms with Gasteiger partial charge < -0.3 is 15.1 Å². The molecular formula is C9H15NO3. The lowest BCUT2D eigenvalue weighted by atomic mass is 9.83. The molecule has 0 aromatic heterocycles. The Bertz CT molecular complexity index is 205. The third-order valence-electron chi connectivity index (χ3n) is 3.17. The van der Waals surface area contributed by atoms with Crippen LogP contribution in [0.1, 0.15) is 32.1 Å². The number of aliphatic hydroxyl groups is 1. The van der Waals surface area contributed by atoms with E-state index in [1.165, 1.54) is 0 Å². The van der Waals surface area contributed by atoms with Crippen molar-refractivity contribution in [3.63, 3.8) is 0 Å². The second kappa shape index (κ2) is 3.18. The minimum atomic E-state index is -0.818. The third-order valence-corrected chi connectivity index (χ3v) is 3.17. The zero-order valence-corrected chi connectivity index (χ0v) is 7.52. The van der Waals surface area contributed by atoms with Crippen LogP contribution in [0.5, 0.6) is 0 Å². The van der Waals surface area contributed by atoms with E-state index >= 15 is 0 Å². The van der Waals surface area contributed by atoms with Gasteiger partial charge in [0.15, 0.2) is 0 Å². The number of piperidine rings is 2. The molecule has 2 N–H and O–H groups in total. The van der Waals surface area contributed by atoms with Crippen LogP contribution in [0.3, 0.4) is 0 Å². The standard InChI is InChI=1S/C9H15NO3/c11-8-4-6-2-1-3-7(5-8)10(6)9(12)13/h6-8,11H,1-5H2,(H,12,13)/t6-,7+,8-. The minimum Gasteiger partial charge on any atom is -0.465 e. The maximum Gasteiger partial charge on any atom is 0.407 e. The molecule has 2 aliphatic rings.